The van der Waals surface area contributed by atoms with Crippen LogP contribution in [0.1, 0.15) is 77.7 Å². The molecule has 0 aliphatic heterocycles. The molecule has 4 nitrogen and oxygen atoms in total. The van der Waals surface area contributed by atoms with E-state index in [2.05, 4.69) is 74.0 Å². The Balaban J connectivity index is 2.01. The van der Waals surface area contributed by atoms with Gasteiger partial charge in [-0.25, -0.2) is 0 Å². The fraction of sp³-hybridized carbons (Fsp3) is 0.480. The molecule has 164 valence electrons. The molecular formula is C25H38N4S. The fourth-order valence-electron chi connectivity index (χ4n) is 3.41. The van der Waals surface area contributed by atoms with Gasteiger partial charge in [-0.3, -0.25) is 0 Å². The first-order valence-corrected chi connectivity index (χ1v) is 11.7. The summed E-state index contributed by atoms with van der Waals surface area (Å²) >= 11 is 5.51. The van der Waals surface area contributed by atoms with Crippen molar-refractivity contribution < 1.29 is 0 Å². The van der Waals surface area contributed by atoms with Crippen LogP contribution in [0.2, 0.25) is 0 Å². The van der Waals surface area contributed by atoms with Crippen molar-refractivity contribution in [2.75, 3.05) is 21.7 Å². The predicted molar refractivity (Wildman–Crippen MR) is 138 cm³/mol. The molecule has 0 aliphatic carbocycles. The molecule has 0 spiro atoms. The zero-order chi connectivity index (χ0) is 21.9. The van der Waals surface area contributed by atoms with E-state index in [1.54, 1.807) is 0 Å². The van der Waals surface area contributed by atoms with Gasteiger partial charge >= 0.3 is 0 Å². The summed E-state index contributed by atoms with van der Waals surface area (Å²) in [5.41, 5.74) is 11.2. The van der Waals surface area contributed by atoms with Gasteiger partial charge in [0.15, 0.2) is 5.11 Å². The average molecular weight is 427 g/mol. The highest BCUT2D eigenvalue weighted by molar-refractivity contribution is 7.80. The molecule has 0 saturated heterocycles. The Labute approximate surface area is 188 Å². The summed E-state index contributed by atoms with van der Waals surface area (Å²) < 4.78 is 0. The van der Waals surface area contributed by atoms with Gasteiger partial charge < -0.3 is 21.7 Å². The number of nitrogens with one attached hydrogen (secondary N) is 3. The van der Waals surface area contributed by atoms with Gasteiger partial charge in [0.1, 0.15) is 0 Å². The lowest BCUT2D eigenvalue weighted by molar-refractivity contribution is 0.547. The maximum absolute atomic E-state index is 6.25. The standard InChI is InChI=1S/C25H38N4S/c1-5-7-9-20(10-8-6-2)27-24-17-22(15-16-23(24)26)29-25(30)28-21-13-11-19(12-14-21)18(3)4/h11-18,20,27H,5-10,26H2,1-4H3,(H2,28,29,30). The SMILES string of the molecule is CCCCC(CCCC)Nc1cc(NC(=S)Nc2ccc(C(C)C)cc2)ccc1N. The van der Waals surface area contributed by atoms with Gasteiger partial charge in [-0.1, -0.05) is 65.5 Å². The van der Waals surface area contributed by atoms with Gasteiger partial charge in [0.25, 0.3) is 0 Å². The molecule has 0 aliphatic rings. The molecule has 0 aromatic heterocycles. The quantitative estimate of drug-likeness (QED) is 0.223. The second-order valence-electron chi connectivity index (χ2n) is 8.28. The minimum atomic E-state index is 0.451. The lowest BCUT2D eigenvalue weighted by atomic mass is 10.0. The van der Waals surface area contributed by atoms with Crippen LogP contribution in [-0.2, 0) is 0 Å². The molecule has 5 N–H and O–H groups in total. The topological polar surface area (TPSA) is 62.1 Å². The Morgan fingerprint density at radius 3 is 2.03 bits per heavy atom. The highest BCUT2D eigenvalue weighted by Crippen LogP contribution is 2.26. The summed E-state index contributed by atoms with van der Waals surface area (Å²) in [5, 5.41) is 10.8. The van der Waals surface area contributed by atoms with Crippen LogP contribution in [0, 0.1) is 0 Å². The maximum Gasteiger partial charge on any atom is 0.175 e. The predicted octanol–water partition coefficient (Wildman–Crippen LogP) is 7.36. The third kappa shape index (κ3) is 7.86. The van der Waals surface area contributed by atoms with Gasteiger partial charge in [-0.05, 0) is 66.9 Å². The van der Waals surface area contributed by atoms with Crippen molar-refractivity contribution in [1.82, 2.24) is 0 Å². The largest absolute Gasteiger partial charge is 0.397 e. The first-order valence-electron chi connectivity index (χ1n) is 11.3. The summed E-state index contributed by atoms with van der Waals surface area (Å²) in [6.45, 7) is 8.85. The van der Waals surface area contributed by atoms with Crippen molar-refractivity contribution in [2.45, 2.75) is 78.2 Å². The van der Waals surface area contributed by atoms with Crippen LogP contribution >= 0.6 is 12.2 Å². The number of anilines is 4. The van der Waals surface area contributed by atoms with Crippen molar-refractivity contribution in [1.29, 1.82) is 0 Å². The Bertz CT molecular complexity index is 778. The molecule has 0 bridgehead atoms. The summed E-state index contributed by atoms with van der Waals surface area (Å²) in [5.74, 6) is 0.517. The molecule has 0 amide bonds. The van der Waals surface area contributed by atoms with E-state index in [1.165, 1.54) is 44.1 Å². The molecule has 2 aromatic rings. The number of rotatable bonds is 11. The summed E-state index contributed by atoms with van der Waals surface area (Å²) in [4.78, 5) is 0. The Kier molecular flexibility index (Phi) is 9.95. The Morgan fingerprint density at radius 1 is 0.900 bits per heavy atom. The summed E-state index contributed by atoms with van der Waals surface area (Å²) in [7, 11) is 0. The molecule has 0 saturated carbocycles. The second kappa shape index (κ2) is 12.4. The molecule has 0 fully saturated rings. The van der Waals surface area contributed by atoms with Gasteiger partial charge in [-0.2, -0.15) is 0 Å². The third-order valence-electron chi connectivity index (χ3n) is 5.32. The number of hydrogen-bond acceptors (Lipinski definition) is 3. The van der Waals surface area contributed by atoms with Crippen LogP contribution in [0.5, 0.6) is 0 Å². The van der Waals surface area contributed by atoms with Crippen LogP contribution in [0.4, 0.5) is 22.7 Å². The van der Waals surface area contributed by atoms with Gasteiger partial charge in [0, 0.05) is 17.4 Å². The van der Waals surface area contributed by atoms with E-state index in [1.807, 2.05) is 12.1 Å². The normalized spacial score (nSPS) is 11.0. The molecule has 0 radical (unpaired) electrons. The first kappa shape index (κ1) is 24.0. The van der Waals surface area contributed by atoms with Crippen molar-refractivity contribution in [2.24, 2.45) is 0 Å². The van der Waals surface area contributed by atoms with E-state index >= 15 is 0 Å². The lowest BCUT2D eigenvalue weighted by Crippen LogP contribution is -2.21. The zero-order valence-electron chi connectivity index (χ0n) is 18.9. The van der Waals surface area contributed by atoms with E-state index in [9.17, 15) is 0 Å². The summed E-state index contributed by atoms with van der Waals surface area (Å²) in [6.07, 6.45) is 7.20. The number of benzene rings is 2. The molecule has 30 heavy (non-hydrogen) atoms. The smallest absolute Gasteiger partial charge is 0.175 e. The lowest BCUT2D eigenvalue weighted by Gasteiger charge is -2.21. The zero-order valence-corrected chi connectivity index (χ0v) is 19.7. The van der Waals surface area contributed by atoms with Crippen molar-refractivity contribution in [3.8, 4) is 0 Å². The molecule has 0 atom stereocenters. The Morgan fingerprint density at radius 2 is 1.47 bits per heavy atom. The molecule has 0 unspecified atom stereocenters. The van der Waals surface area contributed by atoms with E-state index < -0.39 is 0 Å². The van der Waals surface area contributed by atoms with E-state index in [-0.39, 0.29) is 0 Å². The minimum absolute atomic E-state index is 0.451. The van der Waals surface area contributed by atoms with Gasteiger partial charge in [0.2, 0.25) is 0 Å². The van der Waals surface area contributed by atoms with Crippen LogP contribution < -0.4 is 21.7 Å². The van der Waals surface area contributed by atoms with Gasteiger partial charge in [0.05, 0.1) is 11.4 Å². The number of thiocarbonyl (C=S) groups is 1. The Hall–Kier alpha value is -2.27. The van der Waals surface area contributed by atoms with E-state index in [4.69, 9.17) is 18.0 Å². The highest BCUT2D eigenvalue weighted by atomic mass is 32.1. The van der Waals surface area contributed by atoms with Crippen molar-refractivity contribution in [3.05, 3.63) is 48.0 Å². The van der Waals surface area contributed by atoms with E-state index in [0.29, 0.717) is 17.1 Å². The monoisotopic (exact) mass is 426 g/mol. The van der Waals surface area contributed by atoms with Crippen LogP contribution in [0.25, 0.3) is 0 Å². The molecule has 2 aromatic carbocycles. The maximum atomic E-state index is 6.25. The van der Waals surface area contributed by atoms with Crippen molar-refractivity contribution in [3.63, 3.8) is 0 Å². The number of hydrogen-bond donors (Lipinski definition) is 4. The number of unbranched alkanes of at least 4 members (excludes halogenated alkanes) is 2. The highest BCUT2D eigenvalue weighted by Gasteiger charge is 2.11. The van der Waals surface area contributed by atoms with Gasteiger partial charge in [-0.15, -0.1) is 0 Å². The number of nitrogens with two attached hydrogens (primary N) is 1. The van der Waals surface area contributed by atoms with E-state index in [0.717, 1.165) is 22.7 Å². The molecular weight excluding hydrogens is 388 g/mol. The van der Waals surface area contributed by atoms with Crippen LogP contribution in [0.15, 0.2) is 42.5 Å². The van der Waals surface area contributed by atoms with Crippen molar-refractivity contribution >= 4 is 40.1 Å². The second-order valence-corrected chi connectivity index (χ2v) is 8.69. The van der Waals surface area contributed by atoms with Crippen LogP contribution in [-0.4, -0.2) is 11.2 Å². The number of nitrogen functional groups attached to an aromatic ring is 1. The average Bonchev–Trinajstić information content (AvgIpc) is 2.72. The minimum Gasteiger partial charge on any atom is -0.397 e. The van der Waals surface area contributed by atoms with Crippen LogP contribution in [0.3, 0.4) is 0 Å². The molecule has 2 rings (SSSR count). The summed E-state index contributed by atoms with van der Waals surface area (Å²) in [6, 6.07) is 14.8. The third-order valence-corrected chi connectivity index (χ3v) is 5.52. The first-order chi connectivity index (χ1) is 14.4. The molecule has 0 heterocycles. The fourth-order valence-corrected chi connectivity index (χ4v) is 3.65. The molecule has 5 heteroatoms.